The molecular weight excluding hydrogens is 517 g/mol. The van der Waals surface area contributed by atoms with Crippen molar-refractivity contribution in [1.82, 2.24) is 9.97 Å². The smallest absolute Gasteiger partial charge is 0.412 e. The Hall–Kier alpha value is -4.30. The van der Waals surface area contributed by atoms with Crippen molar-refractivity contribution < 1.29 is 22.7 Å². The number of aromatic amines is 1. The lowest BCUT2D eigenvalue weighted by Crippen LogP contribution is -2.19. The predicted molar refractivity (Wildman–Crippen MR) is 138 cm³/mol. The highest BCUT2D eigenvalue weighted by molar-refractivity contribution is 7.98. The number of alkyl halides is 3. The van der Waals surface area contributed by atoms with Gasteiger partial charge in [0.25, 0.3) is 11.5 Å². The maximum Gasteiger partial charge on any atom is 0.412 e. The topological polar surface area (TPSA) is 108 Å². The summed E-state index contributed by atoms with van der Waals surface area (Å²) < 4.78 is 44.5. The van der Waals surface area contributed by atoms with E-state index in [1.54, 1.807) is 48.5 Å². The van der Waals surface area contributed by atoms with Crippen LogP contribution >= 0.6 is 11.8 Å². The Morgan fingerprint density at radius 2 is 2.03 bits per heavy atom. The molecule has 1 aliphatic rings. The van der Waals surface area contributed by atoms with Crippen LogP contribution in [0.3, 0.4) is 0 Å². The first-order valence-corrected chi connectivity index (χ1v) is 12.4. The van der Waals surface area contributed by atoms with Crippen molar-refractivity contribution in [3.05, 3.63) is 93.3 Å². The van der Waals surface area contributed by atoms with Crippen LogP contribution in [-0.4, -0.2) is 29.2 Å². The van der Waals surface area contributed by atoms with E-state index in [2.05, 4.69) is 15.3 Å². The number of allylic oxidation sites excluding steroid dienone is 2. The van der Waals surface area contributed by atoms with Crippen LogP contribution in [0.2, 0.25) is 0 Å². The number of carbonyl (C=O) groups excluding carboxylic acids is 1. The number of nitrogens with zero attached hydrogens (tertiary/aromatic N) is 2. The normalized spacial score (nSPS) is 13.2. The number of aromatic nitrogens is 2. The molecule has 0 bridgehead atoms. The molecule has 0 aliphatic heterocycles. The number of para-hydroxylation sites is 1. The Morgan fingerprint density at radius 1 is 1.24 bits per heavy atom. The molecule has 194 valence electrons. The van der Waals surface area contributed by atoms with Crippen LogP contribution in [0.25, 0.3) is 11.3 Å². The highest BCUT2D eigenvalue weighted by Gasteiger charge is 2.34. The van der Waals surface area contributed by atoms with Gasteiger partial charge in [0, 0.05) is 28.1 Å². The molecular formula is C27H21F3N4O3S. The first-order valence-electron chi connectivity index (χ1n) is 11.4. The number of hydrogen-bond acceptors (Lipinski definition) is 6. The molecule has 0 fully saturated rings. The van der Waals surface area contributed by atoms with Gasteiger partial charge in [-0.2, -0.15) is 18.4 Å². The average Bonchev–Trinajstić information content (AvgIpc) is 2.92. The molecule has 4 rings (SSSR count). The molecule has 2 N–H and O–H groups in total. The van der Waals surface area contributed by atoms with Crippen molar-refractivity contribution in [2.75, 3.05) is 12.4 Å². The van der Waals surface area contributed by atoms with Crippen molar-refractivity contribution in [3.63, 3.8) is 0 Å². The highest BCUT2D eigenvalue weighted by Crippen LogP contribution is 2.33. The minimum Gasteiger partial charge on any atom is -0.497 e. The summed E-state index contributed by atoms with van der Waals surface area (Å²) in [5.41, 5.74) is 0.302. The molecule has 1 amide bonds. The zero-order valence-electron chi connectivity index (χ0n) is 20.1. The molecule has 0 spiro atoms. The SMILES string of the molecule is COc1cccc(-c2nc(SCc3ccccc3NC(=O)C3=CCCC(C(F)(F)F)=C3)[nH]c(=O)c2C#N)c1. The van der Waals surface area contributed by atoms with E-state index in [0.717, 1.165) is 6.08 Å². The number of halogens is 3. The molecule has 11 heteroatoms. The van der Waals surface area contributed by atoms with Crippen LogP contribution in [0.4, 0.5) is 18.9 Å². The van der Waals surface area contributed by atoms with Gasteiger partial charge in [-0.3, -0.25) is 9.59 Å². The van der Waals surface area contributed by atoms with Gasteiger partial charge < -0.3 is 15.0 Å². The van der Waals surface area contributed by atoms with Gasteiger partial charge in [0.05, 0.1) is 12.8 Å². The average molecular weight is 539 g/mol. The van der Waals surface area contributed by atoms with Crippen molar-refractivity contribution in [3.8, 4) is 23.1 Å². The molecule has 2 aromatic carbocycles. The molecule has 0 atom stereocenters. The second-order valence-electron chi connectivity index (χ2n) is 8.20. The quantitative estimate of drug-likeness (QED) is 0.293. The molecule has 0 saturated heterocycles. The molecule has 0 unspecified atom stereocenters. The van der Waals surface area contributed by atoms with E-state index >= 15 is 0 Å². The maximum absolute atomic E-state index is 13.1. The summed E-state index contributed by atoms with van der Waals surface area (Å²) in [6.45, 7) is 0. The van der Waals surface area contributed by atoms with Gasteiger partial charge in [0.2, 0.25) is 0 Å². The van der Waals surface area contributed by atoms with Gasteiger partial charge in [-0.1, -0.05) is 48.2 Å². The number of carbonyl (C=O) groups is 1. The molecule has 38 heavy (non-hydrogen) atoms. The predicted octanol–water partition coefficient (Wildman–Crippen LogP) is 5.76. The molecule has 3 aromatic rings. The summed E-state index contributed by atoms with van der Waals surface area (Å²) >= 11 is 1.17. The van der Waals surface area contributed by atoms with E-state index in [1.807, 2.05) is 6.07 Å². The van der Waals surface area contributed by atoms with Crippen molar-refractivity contribution >= 4 is 23.4 Å². The summed E-state index contributed by atoms with van der Waals surface area (Å²) in [6, 6.07) is 15.6. The van der Waals surface area contributed by atoms with Crippen LogP contribution in [-0.2, 0) is 10.5 Å². The number of nitriles is 1. The van der Waals surface area contributed by atoms with Crippen molar-refractivity contribution in [2.45, 2.75) is 29.9 Å². The third-order valence-corrected chi connectivity index (χ3v) is 6.64. The van der Waals surface area contributed by atoms with Gasteiger partial charge in [-0.15, -0.1) is 0 Å². The van der Waals surface area contributed by atoms with Gasteiger partial charge in [0.15, 0.2) is 5.16 Å². The van der Waals surface area contributed by atoms with Gasteiger partial charge >= 0.3 is 6.18 Å². The Bertz CT molecular complexity index is 1540. The Labute approximate surface area is 220 Å². The number of ether oxygens (including phenoxy) is 1. The summed E-state index contributed by atoms with van der Waals surface area (Å²) in [5, 5.41) is 12.5. The van der Waals surface area contributed by atoms with Crippen LogP contribution in [0.15, 0.2) is 81.8 Å². The van der Waals surface area contributed by atoms with E-state index < -0.39 is 23.2 Å². The second kappa shape index (κ2) is 11.4. The molecule has 7 nitrogen and oxygen atoms in total. The zero-order chi connectivity index (χ0) is 27.3. The molecule has 1 aromatic heterocycles. The number of thioether (sulfide) groups is 1. The zero-order valence-corrected chi connectivity index (χ0v) is 20.9. The number of amides is 1. The summed E-state index contributed by atoms with van der Waals surface area (Å²) in [7, 11) is 1.50. The fraction of sp³-hybridized carbons (Fsp3) is 0.185. The Morgan fingerprint density at radius 3 is 2.76 bits per heavy atom. The van der Waals surface area contributed by atoms with Gasteiger partial charge in [-0.25, -0.2) is 4.98 Å². The summed E-state index contributed by atoms with van der Waals surface area (Å²) in [4.78, 5) is 32.4. The van der Waals surface area contributed by atoms with Crippen molar-refractivity contribution in [2.24, 2.45) is 0 Å². The van der Waals surface area contributed by atoms with Gasteiger partial charge in [-0.05, 0) is 42.7 Å². The van der Waals surface area contributed by atoms with E-state index in [0.29, 0.717) is 22.6 Å². The minimum absolute atomic E-state index is 0.0490. The van der Waals surface area contributed by atoms with Crippen molar-refractivity contribution in [1.29, 1.82) is 5.26 Å². The first-order chi connectivity index (χ1) is 18.2. The molecule has 0 saturated carbocycles. The molecule has 1 heterocycles. The third-order valence-electron chi connectivity index (χ3n) is 5.72. The summed E-state index contributed by atoms with van der Waals surface area (Å²) in [6.07, 6.45) is -2.17. The number of methoxy groups -OCH3 is 1. The Kier molecular flexibility index (Phi) is 8.02. The Balaban J connectivity index is 1.56. The molecule has 0 radical (unpaired) electrons. The van der Waals surface area contributed by atoms with E-state index in [4.69, 9.17) is 4.74 Å². The van der Waals surface area contributed by atoms with E-state index in [-0.39, 0.29) is 40.6 Å². The lowest BCUT2D eigenvalue weighted by Gasteiger charge is -2.17. The lowest BCUT2D eigenvalue weighted by atomic mass is 9.98. The largest absolute Gasteiger partial charge is 0.497 e. The van der Waals surface area contributed by atoms with E-state index in [1.165, 1.54) is 24.9 Å². The maximum atomic E-state index is 13.1. The monoisotopic (exact) mass is 538 g/mol. The van der Waals surface area contributed by atoms with E-state index in [9.17, 15) is 28.0 Å². The lowest BCUT2D eigenvalue weighted by molar-refractivity contribution is -0.112. The number of benzene rings is 2. The third kappa shape index (κ3) is 6.15. The number of H-pyrrole nitrogens is 1. The number of anilines is 1. The highest BCUT2D eigenvalue weighted by atomic mass is 32.2. The standard InChI is InChI=1S/C27H21F3N4O3S/c1-37-20-10-5-7-16(13-20)23-21(14-31)25(36)34-26(33-23)38-15-18-6-2-3-11-22(18)32-24(35)17-8-4-9-19(12-17)27(28,29)30/h2-3,5-8,10-13H,4,9,15H2,1H3,(H,32,35)(H,33,34,36). The minimum atomic E-state index is -4.48. The van der Waals surface area contributed by atoms with Crippen LogP contribution in [0.5, 0.6) is 5.75 Å². The number of rotatable bonds is 7. The second-order valence-corrected chi connectivity index (χ2v) is 9.17. The fourth-order valence-corrected chi connectivity index (χ4v) is 4.66. The van der Waals surface area contributed by atoms with Crippen LogP contribution in [0.1, 0.15) is 24.0 Å². The van der Waals surface area contributed by atoms with Gasteiger partial charge in [0.1, 0.15) is 17.4 Å². The molecule has 1 aliphatic carbocycles. The van der Waals surface area contributed by atoms with Crippen LogP contribution < -0.4 is 15.6 Å². The fourth-order valence-electron chi connectivity index (χ4n) is 3.80. The van der Waals surface area contributed by atoms with Crippen LogP contribution in [0, 0.1) is 11.3 Å². The summed E-state index contributed by atoms with van der Waals surface area (Å²) in [5.74, 6) is 0.165. The first kappa shape index (κ1) is 26.8. The number of hydrogen-bond donors (Lipinski definition) is 2. The number of nitrogens with one attached hydrogen (secondary N) is 2.